The zero-order valence-corrected chi connectivity index (χ0v) is 29.5. The Hall–Kier alpha value is -5.21. The fourth-order valence-electron chi connectivity index (χ4n) is 6.84. The number of carbonyl (C=O) groups is 1. The fourth-order valence-corrected chi connectivity index (χ4v) is 6.84. The number of hydrogen-bond donors (Lipinski definition) is 2. The minimum atomic E-state index is -1.55. The Morgan fingerprint density at radius 3 is 2.42 bits per heavy atom. The second-order valence-corrected chi connectivity index (χ2v) is 13.5. The Morgan fingerprint density at radius 1 is 0.925 bits per heavy atom. The van der Waals surface area contributed by atoms with Crippen molar-refractivity contribution in [3.63, 3.8) is 0 Å². The number of ether oxygens (including phenoxy) is 3. The SMILES string of the molecule is COc1ccc(COc2c(F)cc(C(=O)NC[C@H]3CC[C@H](n4cc5ccc(-c6cnc(OCCN7CCNCC7)nc6)cc5n4)CC3)c(F)c2F)cc1. The van der Waals surface area contributed by atoms with Crippen molar-refractivity contribution in [3.05, 3.63) is 95.7 Å². The van der Waals surface area contributed by atoms with Crippen LogP contribution in [0.2, 0.25) is 0 Å². The van der Waals surface area contributed by atoms with Gasteiger partial charge in [-0.15, -0.1) is 0 Å². The number of amides is 1. The molecule has 2 N–H and O–H groups in total. The summed E-state index contributed by atoms with van der Waals surface area (Å²) >= 11 is 0. The van der Waals surface area contributed by atoms with E-state index in [4.69, 9.17) is 19.3 Å². The van der Waals surface area contributed by atoms with Crippen molar-refractivity contribution < 1.29 is 32.2 Å². The van der Waals surface area contributed by atoms with Gasteiger partial charge >= 0.3 is 6.01 Å². The van der Waals surface area contributed by atoms with Gasteiger partial charge in [-0.25, -0.2) is 18.7 Å². The average Bonchev–Trinajstić information content (AvgIpc) is 3.63. The number of nitrogens with zero attached hydrogens (tertiary/aromatic N) is 5. The molecular formula is C39H42F3N7O4. The van der Waals surface area contributed by atoms with Gasteiger partial charge in [0.2, 0.25) is 5.82 Å². The molecule has 7 rings (SSSR count). The van der Waals surface area contributed by atoms with Gasteiger partial charge in [-0.05, 0) is 67.0 Å². The molecule has 1 aliphatic carbocycles. The van der Waals surface area contributed by atoms with Crippen LogP contribution in [-0.2, 0) is 6.61 Å². The Bertz CT molecular complexity index is 2010. The third-order valence-corrected chi connectivity index (χ3v) is 9.98. The van der Waals surface area contributed by atoms with Gasteiger partial charge in [-0.2, -0.15) is 9.49 Å². The monoisotopic (exact) mass is 729 g/mol. The summed E-state index contributed by atoms with van der Waals surface area (Å²) < 4.78 is 62.7. The second kappa shape index (κ2) is 16.6. The lowest BCUT2D eigenvalue weighted by Gasteiger charge is -2.28. The van der Waals surface area contributed by atoms with Crippen LogP contribution in [0, 0.1) is 23.4 Å². The van der Waals surface area contributed by atoms with E-state index in [9.17, 15) is 18.0 Å². The molecule has 11 nitrogen and oxygen atoms in total. The molecule has 2 aliphatic rings. The molecule has 1 aliphatic heterocycles. The minimum absolute atomic E-state index is 0.130. The zero-order valence-electron chi connectivity index (χ0n) is 29.5. The van der Waals surface area contributed by atoms with Crippen molar-refractivity contribution in [1.29, 1.82) is 0 Å². The van der Waals surface area contributed by atoms with Crippen molar-refractivity contribution in [3.8, 4) is 28.6 Å². The molecular weight excluding hydrogens is 687 g/mol. The number of halogens is 3. The number of piperazine rings is 1. The molecule has 0 unspecified atom stereocenters. The first-order valence-corrected chi connectivity index (χ1v) is 17.9. The van der Waals surface area contributed by atoms with Crippen molar-refractivity contribution in [2.24, 2.45) is 5.92 Å². The van der Waals surface area contributed by atoms with Gasteiger partial charge in [0.15, 0.2) is 17.4 Å². The normalized spacial score (nSPS) is 17.8. The molecule has 2 fully saturated rings. The number of carbonyl (C=O) groups excluding carboxylic acids is 1. The molecule has 1 saturated carbocycles. The molecule has 1 saturated heterocycles. The van der Waals surface area contributed by atoms with E-state index in [0.717, 1.165) is 80.4 Å². The van der Waals surface area contributed by atoms with Crippen LogP contribution in [0.15, 0.2) is 67.1 Å². The lowest BCUT2D eigenvalue weighted by atomic mass is 9.86. The van der Waals surface area contributed by atoms with Crippen molar-refractivity contribution in [2.45, 2.75) is 38.3 Å². The first kappa shape index (κ1) is 36.2. The highest BCUT2D eigenvalue weighted by Crippen LogP contribution is 2.34. The number of fused-ring (bicyclic) bond motifs is 1. The molecule has 1 amide bonds. The van der Waals surface area contributed by atoms with E-state index in [1.54, 1.807) is 36.7 Å². The third kappa shape index (κ3) is 8.71. The summed E-state index contributed by atoms with van der Waals surface area (Å²) in [6.45, 7) is 5.48. The molecule has 0 atom stereocenters. The van der Waals surface area contributed by atoms with Crippen molar-refractivity contribution >= 4 is 16.8 Å². The van der Waals surface area contributed by atoms with Crippen LogP contribution >= 0.6 is 0 Å². The quantitative estimate of drug-likeness (QED) is 0.142. The van der Waals surface area contributed by atoms with Crippen LogP contribution in [0.25, 0.3) is 22.0 Å². The van der Waals surface area contributed by atoms with E-state index in [2.05, 4.69) is 25.5 Å². The molecule has 5 aromatic rings. The lowest BCUT2D eigenvalue weighted by molar-refractivity contribution is 0.0935. The molecule has 278 valence electrons. The summed E-state index contributed by atoms with van der Waals surface area (Å²) in [5, 5.41) is 11.9. The number of methoxy groups -OCH3 is 1. The second-order valence-electron chi connectivity index (χ2n) is 13.5. The zero-order chi connectivity index (χ0) is 36.7. The maximum absolute atomic E-state index is 14.9. The summed E-state index contributed by atoms with van der Waals surface area (Å²) in [6.07, 6.45) is 8.86. The largest absolute Gasteiger partial charge is 0.497 e. The Kier molecular flexibility index (Phi) is 11.4. The van der Waals surface area contributed by atoms with E-state index >= 15 is 0 Å². The van der Waals surface area contributed by atoms with Crippen LogP contribution < -0.4 is 24.8 Å². The number of hydrogen-bond acceptors (Lipinski definition) is 9. The van der Waals surface area contributed by atoms with Crippen LogP contribution in [0.1, 0.15) is 47.6 Å². The van der Waals surface area contributed by atoms with Crippen LogP contribution in [0.4, 0.5) is 13.2 Å². The van der Waals surface area contributed by atoms with Gasteiger partial charge in [-0.3, -0.25) is 14.4 Å². The van der Waals surface area contributed by atoms with Gasteiger partial charge in [-0.1, -0.05) is 24.3 Å². The van der Waals surface area contributed by atoms with E-state index in [0.29, 0.717) is 30.0 Å². The Balaban J connectivity index is 0.889. The lowest BCUT2D eigenvalue weighted by Crippen LogP contribution is -2.44. The van der Waals surface area contributed by atoms with E-state index in [1.165, 1.54) is 7.11 Å². The van der Waals surface area contributed by atoms with Gasteiger partial charge in [0, 0.05) is 68.8 Å². The molecule has 53 heavy (non-hydrogen) atoms. The molecule has 0 bridgehead atoms. The standard InChI is InChI=1S/C39H42F3N7O4/c1-51-31-10-4-26(5-11-31)24-53-37-33(40)19-32(35(41)36(37)42)38(50)44-20-25-2-8-30(9-3-25)49-23-28-7-6-27(18-34(28)47-49)29-21-45-39(46-22-29)52-17-16-48-14-12-43-13-15-48/h4-7,10-11,18-19,21-23,25,30,43H,2-3,8-9,12-17,20,24H2,1H3,(H,44,50)/t25-,30-. The van der Waals surface area contributed by atoms with Crippen molar-refractivity contribution in [1.82, 2.24) is 35.3 Å². The predicted octanol–water partition coefficient (Wildman–Crippen LogP) is 5.94. The van der Waals surface area contributed by atoms with Gasteiger partial charge in [0.05, 0.1) is 24.2 Å². The van der Waals surface area contributed by atoms with Crippen LogP contribution in [-0.4, -0.2) is 83.5 Å². The maximum Gasteiger partial charge on any atom is 0.316 e. The number of aromatic nitrogens is 4. The van der Waals surface area contributed by atoms with E-state index in [1.807, 2.05) is 29.1 Å². The average molecular weight is 730 g/mol. The number of nitrogens with one attached hydrogen (secondary N) is 2. The first-order chi connectivity index (χ1) is 25.8. The smallest absolute Gasteiger partial charge is 0.316 e. The highest BCUT2D eigenvalue weighted by molar-refractivity contribution is 5.94. The van der Waals surface area contributed by atoms with Crippen LogP contribution in [0.5, 0.6) is 17.5 Å². The molecule has 14 heteroatoms. The van der Waals surface area contributed by atoms with Crippen LogP contribution in [0.3, 0.4) is 0 Å². The topological polar surface area (TPSA) is 116 Å². The molecule has 0 spiro atoms. The summed E-state index contributed by atoms with van der Waals surface area (Å²) in [5.74, 6) is -5.17. The first-order valence-electron chi connectivity index (χ1n) is 17.9. The molecule has 0 radical (unpaired) electrons. The summed E-state index contributed by atoms with van der Waals surface area (Å²) in [4.78, 5) is 24.0. The van der Waals surface area contributed by atoms with Crippen molar-refractivity contribution in [2.75, 3.05) is 53.0 Å². The van der Waals surface area contributed by atoms with E-state index < -0.39 is 34.7 Å². The maximum atomic E-state index is 14.9. The van der Waals surface area contributed by atoms with Gasteiger partial charge < -0.3 is 24.8 Å². The number of rotatable bonds is 13. The third-order valence-electron chi connectivity index (χ3n) is 9.98. The minimum Gasteiger partial charge on any atom is -0.497 e. The predicted molar refractivity (Wildman–Crippen MR) is 193 cm³/mol. The number of benzene rings is 3. The highest BCUT2D eigenvalue weighted by atomic mass is 19.2. The van der Waals surface area contributed by atoms with Gasteiger partial charge in [0.1, 0.15) is 19.0 Å². The molecule has 3 heterocycles. The molecule has 2 aromatic heterocycles. The fraction of sp³-hybridized carbons (Fsp3) is 0.385. The Morgan fingerprint density at radius 2 is 1.68 bits per heavy atom. The Labute approximate surface area is 305 Å². The van der Waals surface area contributed by atoms with E-state index in [-0.39, 0.29) is 25.1 Å². The summed E-state index contributed by atoms with van der Waals surface area (Å²) in [6, 6.07) is 14.0. The molecule has 3 aromatic carbocycles. The highest BCUT2D eigenvalue weighted by Gasteiger charge is 2.27. The van der Waals surface area contributed by atoms with Gasteiger partial charge in [0.25, 0.3) is 5.91 Å². The summed E-state index contributed by atoms with van der Waals surface area (Å²) in [5.41, 5.74) is 2.60. The summed E-state index contributed by atoms with van der Waals surface area (Å²) in [7, 11) is 1.52.